The lowest BCUT2D eigenvalue weighted by atomic mass is 10.0. The van der Waals surface area contributed by atoms with Crippen molar-refractivity contribution in [1.29, 1.82) is 0 Å². The smallest absolute Gasteiger partial charge is 0.410 e. The molecule has 6 nitrogen and oxygen atoms in total. The van der Waals surface area contributed by atoms with E-state index in [1.54, 1.807) is 11.0 Å². The van der Waals surface area contributed by atoms with E-state index in [-0.39, 0.29) is 0 Å². The Labute approximate surface area is 155 Å². The van der Waals surface area contributed by atoms with Crippen LogP contribution in [0, 0.1) is 0 Å². The first kappa shape index (κ1) is 18.4. The highest BCUT2D eigenvalue weighted by Crippen LogP contribution is 2.40. The fourth-order valence-corrected chi connectivity index (χ4v) is 3.70. The van der Waals surface area contributed by atoms with Crippen molar-refractivity contribution in [2.45, 2.75) is 50.7 Å². The number of hydrogen-bond donors (Lipinski definition) is 0. The molecule has 0 unspecified atom stereocenters. The van der Waals surface area contributed by atoms with Gasteiger partial charge in [-0.3, -0.25) is 4.90 Å². The van der Waals surface area contributed by atoms with Gasteiger partial charge in [0.15, 0.2) is 12.1 Å². The van der Waals surface area contributed by atoms with E-state index in [1.165, 1.54) is 7.11 Å². The van der Waals surface area contributed by atoms with Gasteiger partial charge in [-0.25, -0.2) is 4.79 Å². The number of halogens is 1. The zero-order chi connectivity index (χ0) is 18.2. The maximum absolute atomic E-state index is 12.5. The second-order valence-corrected chi connectivity index (χ2v) is 7.34. The van der Waals surface area contributed by atoms with Crippen molar-refractivity contribution in [1.82, 2.24) is 4.90 Å². The van der Waals surface area contributed by atoms with Crippen LogP contribution in [0.4, 0.5) is 4.79 Å². The molecule has 136 valence electrons. The fourth-order valence-electron chi connectivity index (χ4n) is 3.28. The molecule has 0 saturated carbocycles. The number of fused-ring (bicyclic) bond motifs is 1. The molecule has 25 heavy (non-hydrogen) atoms. The minimum atomic E-state index is -0.769. The SMILES string of the molecule is C=C[C@H]1O[C@@H]2OC(C)(C)O[C@@H]2[C@H]1N(Cc1ccccc1Br)C(=O)OC. The van der Waals surface area contributed by atoms with Crippen LogP contribution in [0.3, 0.4) is 0 Å². The van der Waals surface area contributed by atoms with Gasteiger partial charge in [0.05, 0.1) is 19.7 Å². The standard InChI is InChI=1S/C18H22BrNO5/c1-5-13-14(15-16(23-13)25-18(2,3)24-15)20(17(21)22-4)10-11-8-6-7-9-12(11)19/h5-9,13-16H,1,10H2,2-4H3/t13-,14+,15-,16-/m1/s1. The minimum absolute atomic E-state index is 0.347. The van der Waals surface area contributed by atoms with Crippen molar-refractivity contribution in [2.75, 3.05) is 7.11 Å². The number of ether oxygens (including phenoxy) is 4. The molecule has 1 amide bonds. The average Bonchev–Trinajstić information content (AvgIpc) is 3.04. The van der Waals surface area contributed by atoms with Crippen molar-refractivity contribution in [3.8, 4) is 0 Å². The zero-order valence-corrected chi connectivity index (χ0v) is 16.1. The monoisotopic (exact) mass is 411 g/mol. The molecule has 1 aromatic carbocycles. The molecule has 2 fully saturated rings. The fraction of sp³-hybridized carbons (Fsp3) is 0.500. The molecular formula is C18H22BrNO5. The molecule has 2 saturated heterocycles. The number of methoxy groups -OCH3 is 1. The summed E-state index contributed by atoms with van der Waals surface area (Å²) in [6.45, 7) is 7.82. The van der Waals surface area contributed by atoms with E-state index < -0.39 is 36.4 Å². The summed E-state index contributed by atoms with van der Waals surface area (Å²) in [5.74, 6) is -0.769. The number of carbonyl (C=O) groups excluding carboxylic acids is 1. The second kappa shape index (κ2) is 7.07. The first-order valence-corrected chi connectivity index (χ1v) is 8.87. The molecule has 1 aromatic rings. The van der Waals surface area contributed by atoms with Gasteiger partial charge in [0.1, 0.15) is 12.2 Å². The first-order chi connectivity index (χ1) is 11.9. The number of benzene rings is 1. The Morgan fingerprint density at radius 2 is 2.12 bits per heavy atom. The Kier molecular flexibility index (Phi) is 5.20. The van der Waals surface area contributed by atoms with Crippen molar-refractivity contribution < 1.29 is 23.7 Å². The number of hydrogen-bond acceptors (Lipinski definition) is 5. The van der Waals surface area contributed by atoms with E-state index >= 15 is 0 Å². The van der Waals surface area contributed by atoms with Gasteiger partial charge < -0.3 is 18.9 Å². The number of amides is 1. The van der Waals surface area contributed by atoms with Gasteiger partial charge in [-0.1, -0.05) is 40.2 Å². The van der Waals surface area contributed by atoms with Crippen LogP contribution < -0.4 is 0 Å². The van der Waals surface area contributed by atoms with Crippen molar-refractivity contribution >= 4 is 22.0 Å². The van der Waals surface area contributed by atoms with Crippen LogP contribution in [0.1, 0.15) is 19.4 Å². The van der Waals surface area contributed by atoms with E-state index in [2.05, 4.69) is 22.5 Å². The van der Waals surface area contributed by atoms with Crippen LogP contribution in [0.25, 0.3) is 0 Å². The number of nitrogens with zero attached hydrogens (tertiary/aromatic N) is 1. The van der Waals surface area contributed by atoms with E-state index in [1.807, 2.05) is 38.1 Å². The topological polar surface area (TPSA) is 57.2 Å². The quantitative estimate of drug-likeness (QED) is 0.710. The average molecular weight is 412 g/mol. The Morgan fingerprint density at radius 3 is 2.76 bits per heavy atom. The summed E-state index contributed by atoms with van der Waals surface area (Å²) in [5, 5.41) is 0. The molecule has 0 bridgehead atoms. The summed E-state index contributed by atoms with van der Waals surface area (Å²) in [5.41, 5.74) is 0.956. The van der Waals surface area contributed by atoms with E-state index in [0.29, 0.717) is 6.54 Å². The molecule has 2 aliphatic rings. The van der Waals surface area contributed by atoms with Gasteiger partial charge >= 0.3 is 6.09 Å². The van der Waals surface area contributed by atoms with Crippen molar-refractivity contribution in [3.63, 3.8) is 0 Å². The molecule has 0 aliphatic carbocycles. The van der Waals surface area contributed by atoms with Crippen LogP contribution >= 0.6 is 15.9 Å². The molecule has 0 radical (unpaired) electrons. The highest BCUT2D eigenvalue weighted by atomic mass is 79.9. The molecule has 4 atom stereocenters. The highest BCUT2D eigenvalue weighted by molar-refractivity contribution is 9.10. The van der Waals surface area contributed by atoms with Crippen molar-refractivity contribution in [3.05, 3.63) is 47.0 Å². The maximum atomic E-state index is 12.5. The van der Waals surface area contributed by atoms with E-state index in [9.17, 15) is 4.79 Å². The molecule has 7 heteroatoms. The third-order valence-corrected chi connectivity index (χ3v) is 5.13. The molecule has 2 aliphatic heterocycles. The van der Waals surface area contributed by atoms with Gasteiger partial charge in [0.25, 0.3) is 0 Å². The van der Waals surface area contributed by atoms with Crippen LogP contribution in [0.15, 0.2) is 41.4 Å². The van der Waals surface area contributed by atoms with Gasteiger partial charge in [-0.05, 0) is 25.5 Å². The number of rotatable bonds is 4. The summed E-state index contributed by atoms with van der Waals surface area (Å²) in [7, 11) is 1.36. The number of carbonyl (C=O) groups is 1. The minimum Gasteiger partial charge on any atom is -0.453 e. The zero-order valence-electron chi connectivity index (χ0n) is 14.5. The summed E-state index contributed by atoms with van der Waals surface area (Å²) in [6, 6.07) is 7.33. The Morgan fingerprint density at radius 1 is 1.40 bits per heavy atom. The van der Waals surface area contributed by atoms with Gasteiger partial charge in [-0.15, -0.1) is 6.58 Å². The Hall–Kier alpha value is -1.41. The molecule has 2 heterocycles. The Balaban J connectivity index is 1.92. The van der Waals surface area contributed by atoms with E-state index in [0.717, 1.165) is 10.0 Å². The summed E-state index contributed by atoms with van der Waals surface area (Å²) >= 11 is 3.52. The summed E-state index contributed by atoms with van der Waals surface area (Å²) in [6.07, 6.45) is -0.162. The lowest BCUT2D eigenvalue weighted by Crippen LogP contribution is -2.50. The first-order valence-electron chi connectivity index (χ1n) is 8.08. The molecular weight excluding hydrogens is 390 g/mol. The lowest BCUT2D eigenvalue weighted by Gasteiger charge is -2.33. The largest absolute Gasteiger partial charge is 0.453 e. The predicted octanol–water partition coefficient (Wildman–Crippen LogP) is 3.45. The van der Waals surface area contributed by atoms with Gasteiger partial charge in [0.2, 0.25) is 0 Å². The molecule has 0 N–H and O–H groups in total. The lowest BCUT2D eigenvalue weighted by molar-refractivity contribution is -0.205. The molecule has 0 aromatic heterocycles. The maximum Gasteiger partial charge on any atom is 0.410 e. The van der Waals surface area contributed by atoms with Crippen LogP contribution in [0.5, 0.6) is 0 Å². The van der Waals surface area contributed by atoms with Crippen LogP contribution in [-0.4, -0.2) is 48.4 Å². The Bertz CT molecular complexity index is 665. The predicted molar refractivity (Wildman–Crippen MR) is 94.8 cm³/mol. The second-order valence-electron chi connectivity index (χ2n) is 6.48. The third kappa shape index (κ3) is 3.60. The molecule has 3 rings (SSSR count). The summed E-state index contributed by atoms with van der Waals surface area (Å²) in [4.78, 5) is 14.1. The van der Waals surface area contributed by atoms with E-state index in [4.69, 9.17) is 18.9 Å². The normalized spacial score (nSPS) is 29.9. The van der Waals surface area contributed by atoms with Crippen LogP contribution in [0.2, 0.25) is 0 Å². The third-order valence-electron chi connectivity index (χ3n) is 4.35. The van der Waals surface area contributed by atoms with Gasteiger partial charge in [-0.2, -0.15) is 0 Å². The molecule has 0 spiro atoms. The highest BCUT2D eigenvalue weighted by Gasteiger charge is 2.56. The van der Waals surface area contributed by atoms with Gasteiger partial charge in [0, 0.05) is 4.47 Å². The van der Waals surface area contributed by atoms with Crippen LogP contribution in [-0.2, 0) is 25.5 Å². The summed E-state index contributed by atoms with van der Waals surface area (Å²) < 4.78 is 23.6. The van der Waals surface area contributed by atoms with Crippen molar-refractivity contribution in [2.24, 2.45) is 0 Å².